The lowest BCUT2D eigenvalue weighted by Crippen LogP contribution is -1.99. The molecule has 0 radical (unpaired) electrons. The predicted octanol–water partition coefficient (Wildman–Crippen LogP) is 1.81. The fourth-order valence-electron chi connectivity index (χ4n) is 0.149. The third-order valence-electron chi connectivity index (χ3n) is 0.951. The second-order valence-corrected chi connectivity index (χ2v) is 3.70. The molecular weight excluding hydrogens is 148 g/mol. The summed E-state index contributed by atoms with van der Waals surface area (Å²) in [5.74, 6) is 0. The second-order valence-electron chi connectivity index (χ2n) is 2.25. The van der Waals surface area contributed by atoms with Crippen LogP contribution in [0.2, 0.25) is 0 Å². The minimum absolute atomic E-state index is 0.144. The highest BCUT2D eigenvalue weighted by atomic mass is 32.2. The van der Waals surface area contributed by atoms with E-state index in [2.05, 4.69) is 13.8 Å². The SMILES string of the molecule is CCC.CCC(C)[SH](=O)=O. The molecule has 0 aromatic carbocycles. The van der Waals surface area contributed by atoms with E-state index in [1.165, 1.54) is 6.42 Å². The van der Waals surface area contributed by atoms with Gasteiger partial charge in [-0.25, -0.2) is 8.42 Å². The first-order chi connectivity index (χ1) is 4.59. The van der Waals surface area contributed by atoms with Crippen molar-refractivity contribution in [1.29, 1.82) is 0 Å². The van der Waals surface area contributed by atoms with Gasteiger partial charge in [0, 0.05) is 0 Å². The van der Waals surface area contributed by atoms with Crippen molar-refractivity contribution in [2.45, 2.75) is 45.8 Å². The van der Waals surface area contributed by atoms with Gasteiger partial charge in [-0.05, 0) is 13.3 Å². The minimum atomic E-state index is -2.16. The molecular formula is C7H18O2S. The standard InChI is InChI=1S/C4H10O2S.C3H8/c1-3-4(2)7(5)6;1-3-2/h4,7H,3H2,1-2H3;3H2,1-2H3. The van der Waals surface area contributed by atoms with E-state index in [1.807, 2.05) is 6.92 Å². The Morgan fingerprint density at radius 1 is 1.20 bits per heavy atom. The van der Waals surface area contributed by atoms with Crippen molar-refractivity contribution in [3.8, 4) is 0 Å². The average molecular weight is 166 g/mol. The van der Waals surface area contributed by atoms with Gasteiger partial charge in [0.1, 0.15) is 10.7 Å². The van der Waals surface area contributed by atoms with Crippen molar-refractivity contribution in [2.24, 2.45) is 0 Å². The lowest BCUT2D eigenvalue weighted by atomic mass is 10.4. The summed E-state index contributed by atoms with van der Waals surface area (Å²) in [6.45, 7) is 7.81. The second kappa shape index (κ2) is 8.95. The molecule has 1 unspecified atom stereocenters. The Kier molecular flexibility index (Phi) is 11.3. The van der Waals surface area contributed by atoms with Gasteiger partial charge in [-0.3, -0.25) is 0 Å². The Bertz CT molecular complexity index is 111. The van der Waals surface area contributed by atoms with E-state index in [4.69, 9.17) is 0 Å². The molecule has 0 aliphatic carbocycles. The summed E-state index contributed by atoms with van der Waals surface area (Å²) >= 11 is 0. The fraction of sp³-hybridized carbons (Fsp3) is 1.00. The molecule has 1 atom stereocenters. The number of rotatable bonds is 2. The molecule has 3 heteroatoms. The zero-order valence-electron chi connectivity index (χ0n) is 7.26. The van der Waals surface area contributed by atoms with Crippen LogP contribution in [-0.2, 0) is 10.7 Å². The van der Waals surface area contributed by atoms with Crippen molar-refractivity contribution >= 4 is 10.7 Å². The predicted molar refractivity (Wildman–Crippen MR) is 46.0 cm³/mol. The first-order valence-electron chi connectivity index (χ1n) is 3.73. The first-order valence-corrected chi connectivity index (χ1v) is 4.98. The molecule has 0 amide bonds. The van der Waals surface area contributed by atoms with E-state index >= 15 is 0 Å². The molecule has 0 saturated heterocycles. The van der Waals surface area contributed by atoms with Crippen LogP contribution >= 0.6 is 0 Å². The molecule has 0 fully saturated rings. The maximum absolute atomic E-state index is 9.97. The Balaban J connectivity index is 0. The van der Waals surface area contributed by atoms with Crippen molar-refractivity contribution < 1.29 is 8.42 Å². The van der Waals surface area contributed by atoms with E-state index in [0.29, 0.717) is 0 Å². The van der Waals surface area contributed by atoms with Crippen LogP contribution in [-0.4, -0.2) is 13.7 Å². The van der Waals surface area contributed by atoms with Crippen LogP contribution in [0.15, 0.2) is 0 Å². The van der Waals surface area contributed by atoms with Crippen LogP contribution in [0.1, 0.15) is 40.5 Å². The van der Waals surface area contributed by atoms with Crippen molar-refractivity contribution in [3.63, 3.8) is 0 Å². The van der Waals surface area contributed by atoms with Gasteiger partial charge in [0.15, 0.2) is 0 Å². The Hall–Kier alpha value is -0.0500. The lowest BCUT2D eigenvalue weighted by Gasteiger charge is -1.91. The van der Waals surface area contributed by atoms with E-state index < -0.39 is 10.7 Å². The van der Waals surface area contributed by atoms with Gasteiger partial charge in [-0.15, -0.1) is 0 Å². The molecule has 0 rings (SSSR count). The van der Waals surface area contributed by atoms with Gasteiger partial charge in [0.25, 0.3) is 0 Å². The van der Waals surface area contributed by atoms with Gasteiger partial charge in [-0.2, -0.15) is 0 Å². The molecule has 0 aliphatic heterocycles. The van der Waals surface area contributed by atoms with Crippen LogP contribution in [0.4, 0.5) is 0 Å². The average Bonchev–Trinajstić information content (AvgIpc) is 1.88. The molecule has 0 aromatic rings. The number of hydrogen-bond acceptors (Lipinski definition) is 2. The highest BCUT2D eigenvalue weighted by molar-refractivity contribution is 7.73. The highest BCUT2D eigenvalue weighted by Crippen LogP contribution is 1.90. The van der Waals surface area contributed by atoms with Crippen molar-refractivity contribution in [2.75, 3.05) is 0 Å². The summed E-state index contributed by atoms with van der Waals surface area (Å²) in [5, 5.41) is -0.144. The molecule has 0 N–H and O–H groups in total. The zero-order valence-corrected chi connectivity index (χ0v) is 8.15. The first kappa shape index (κ1) is 12.6. The smallest absolute Gasteiger partial charge is 0.142 e. The number of thiol groups is 1. The molecule has 2 nitrogen and oxygen atoms in total. The van der Waals surface area contributed by atoms with Gasteiger partial charge in [0.2, 0.25) is 0 Å². The Morgan fingerprint density at radius 2 is 1.50 bits per heavy atom. The monoisotopic (exact) mass is 166 g/mol. The molecule has 0 saturated carbocycles. The summed E-state index contributed by atoms with van der Waals surface area (Å²) < 4.78 is 19.9. The summed E-state index contributed by atoms with van der Waals surface area (Å²) in [4.78, 5) is 0. The maximum atomic E-state index is 9.97. The molecule has 0 bridgehead atoms. The molecule has 64 valence electrons. The third-order valence-corrected chi connectivity index (χ3v) is 2.04. The zero-order chi connectivity index (χ0) is 8.57. The third kappa shape index (κ3) is 10.8. The highest BCUT2D eigenvalue weighted by Gasteiger charge is 1.96. The Morgan fingerprint density at radius 3 is 1.50 bits per heavy atom. The van der Waals surface area contributed by atoms with E-state index in [9.17, 15) is 8.42 Å². The fourth-order valence-corrected chi connectivity index (χ4v) is 0.447. The van der Waals surface area contributed by atoms with Crippen molar-refractivity contribution in [3.05, 3.63) is 0 Å². The Labute approximate surface area is 65.6 Å². The van der Waals surface area contributed by atoms with Gasteiger partial charge in [-0.1, -0.05) is 27.2 Å². The minimum Gasteiger partial charge on any atom is -0.232 e. The van der Waals surface area contributed by atoms with Crippen molar-refractivity contribution in [1.82, 2.24) is 0 Å². The normalized spacial score (nSPS) is 12.1. The molecule has 0 heterocycles. The summed E-state index contributed by atoms with van der Waals surface area (Å²) in [7, 11) is -2.16. The van der Waals surface area contributed by atoms with Gasteiger partial charge >= 0.3 is 0 Å². The van der Waals surface area contributed by atoms with E-state index in [1.54, 1.807) is 6.92 Å². The number of hydrogen-bond donors (Lipinski definition) is 1. The summed E-state index contributed by atoms with van der Waals surface area (Å²) in [6, 6.07) is 0. The summed E-state index contributed by atoms with van der Waals surface area (Å²) in [5.41, 5.74) is 0. The van der Waals surface area contributed by atoms with Crippen LogP contribution in [0, 0.1) is 0 Å². The molecule has 0 aliphatic rings. The van der Waals surface area contributed by atoms with E-state index in [0.717, 1.165) is 6.42 Å². The maximum Gasteiger partial charge on any atom is 0.142 e. The summed E-state index contributed by atoms with van der Waals surface area (Å²) in [6.07, 6.45) is 1.97. The molecule has 0 aromatic heterocycles. The topological polar surface area (TPSA) is 34.1 Å². The lowest BCUT2D eigenvalue weighted by molar-refractivity contribution is 0.601. The molecule has 10 heavy (non-hydrogen) atoms. The van der Waals surface area contributed by atoms with Crippen LogP contribution in [0.5, 0.6) is 0 Å². The van der Waals surface area contributed by atoms with Crippen LogP contribution in [0.25, 0.3) is 0 Å². The molecule has 0 spiro atoms. The van der Waals surface area contributed by atoms with E-state index in [-0.39, 0.29) is 5.25 Å². The van der Waals surface area contributed by atoms with Gasteiger partial charge in [0.05, 0.1) is 5.25 Å². The quantitative estimate of drug-likeness (QED) is 0.635. The van der Waals surface area contributed by atoms with Crippen LogP contribution < -0.4 is 0 Å². The van der Waals surface area contributed by atoms with Gasteiger partial charge < -0.3 is 0 Å². The van der Waals surface area contributed by atoms with Crippen LogP contribution in [0.3, 0.4) is 0 Å². The largest absolute Gasteiger partial charge is 0.232 e.